The van der Waals surface area contributed by atoms with Crippen LogP contribution in [0.25, 0.3) is 6.08 Å². The molecule has 0 aliphatic heterocycles. The third-order valence-electron chi connectivity index (χ3n) is 8.73. The summed E-state index contributed by atoms with van der Waals surface area (Å²) in [6.07, 6.45) is 2.34. The summed E-state index contributed by atoms with van der Waals surface area (Å²) in [7, 11) is -25.4. The number of carbonyl (C=O) groups is 2. The molecule has 1 aromatic heterocycles. The van der Waals surface area contributed by atoms with E-state index >= 15 is 0 Å². The summed E-state index contributed by atoms with van der Waals surface area (Å²) in [4.78, 5) is 34.0. The van der Waals surface area contributed by atoms with Crippen molar-refractivity contribution in [1.82, 2.24) is 20.4 Å². The maximum Gasteiger partial charge on any atom is 1.00 e. The summed E-state index contributed by atoms with van der Waals surface area (Å²) in [5.74, 6) is -3.27. The Bertz CT molecular complexity index is 3570. The normalized spacial score (nSPS) is 15.8. The van der Waals surface area contributed by atoms with Crippen LogP contribution >= 0.6 is 11.6 Å². The molecule has 4 aromatic rings. The van der Waals surface area contributed by atoms with E-state index in [9.17, 15) is 74.4 Å². The Balaban J connectivity index is 0.00000817. The van der Waals surface area contributed by atoms with Crippen molar-refractivity contribution in [2.24, 2.45) is 10.2 Å². The number of nitrogens with zero attached hydrogens (tertiary/aromatic N) is 5. The summed E-state index contributed by atoms with van der Waals surface area (Å²) in [5, 5.41) is 11.8. The van der Waals surface area contributed by atoms with Gasteiger partial charge >= 0.3 is 7.13 Å². The summed E-state index contributed by atoms with van der Waals surface area (Å²) < 4.78 is 170. The van der Waals surface area contributed by atoms with Crippen LogP contribution in [-0.4, -0.2) is 103 Å². The van der Waals surface area contributed by atoms with Crippen LogP contribution in [0.3, 0.4) is 0 Å². The van der Waals surface area contributed by atoms with E-state index in [1.165, 1.54) is 13.0 Å². The Labute approximate surface area is 395 Å². The first-order valence-electron chi connectivity index (χ1n) is 17.1. The number of Topliss-reactive ketones (excluding diaryl/α,β-unsaturated/α-hetero) is 1. The van der Waals surface area contributed by atoms with E-state index in [1.54, 1.807) is 6.92 Å². The molecule has 1 radical (unpaired) electrons. The van der Waals surface area contributed by atoms with Gasteiger partial charge in [0.15, 0.2) is 5.71 Å². The minimum Gasteiger partial charge on any atom is -0.324 e. The fraction of sp³-hybridized carbons (Fsp3) is 0.0606. The zero-order chi connectivity index (χ0) is 48.2. The van der Waals surface area contributed by atoms with Gasteiger partial charge in [0.05, 0.1) is 26.9 Å². The van der Waals surface area contributed by atoms with Crippen LogP contribution in [0.5, 0.6) is 0 Å². The summed E-state index contributed by atoms with van der Waals surface area (Å²) in [6, 6.07) is 7.38. The molecule has 26 nitrogen and oxygen atoms in total. The molecule has 0 fully saturated rings. The van der Waals surface area contributed by atoms with Gasteiger partial charge in [0.1, 0.15) is 20.4 Å². The fourth-order valence-corrected chi connectivity index (χ4v) is 9.05. The van der Waals surface area contributed by atoms with Crippen LogP contribution in [0.15, 0.2) is 107 Å². The van der Waals surface area contributed by atoms with Gasteiger partial charge in [-0.05, 0) is 91.2 Å². The van der Waals surface area contributed by atoms with E-state index in [2.05, 4.69) is 46.6 Å². The molecule has 33 heteroatoms. The monoisotopic (exact) mass is 1080 g/mol. The molecule has 2 aliphatic carbocycles. The molecule has 1 heterocycles. The number of allylic oxidation sites excluding steroid dienone is 4. The first-order valence-corrected chi connectivity index (χ1v) is 24.6. The van der Waals surface area contributed by atoms with Gasteiger partial charge in [0, 0.05) is 40.0 Å². The van der Waals surface area contributed by atoms with Crippen molar-refractivity contribution in [2.45, 2.75) is 33.4 Å². The molecule has 6 rings (SSSR count). The van der Waals surface area contributed by atoms with E-state index in [1.807, 2.05) is 0 Å². The molecule has 9 N–H and O–H groups in total. The smallest absolute Gasteiger partial charge is 0.324 e. The fourth-order valence-electron chi connectivity index (χ4n) is 5.76. The molecule has 0 atom stereocenters. The van der Waals surface area contributed by atoms with Crippen LogP contribution in [0.2, 0.25) is 5.28 Å². The van der Waals surface area contributed by atoms with Gasteiger partial charge in [-0.1, -0.05) is 6.07 Å². The predicted molar refractivity (Wildman–Crippen MR) is 233 cm³/mol. The van der Waals surface area contributed by atoms with Gasteiger partial charge < -0.3 is 16.1 Å². The number of anilines is 5. The number of benzene rings is 3. The third-order valence-corrected chi connectivity index (χ3v) is 13.3. The maximum atomic E-state index is 13.8. The second kappa shape index (κ2) is 18.4. The standard InChI is InChI=1S/C33H26ClN9O17S5.Cu/c1-14-3-4-16(61(46,47)48)10-21(14)36-33-38-31(34)37-32(39-33)35-20-7-6-18-19(30(20)65(58,59)60)12-27(64(55,56)57)28(29(18)45)43-41-23-9-15(2)22(13-25(23)44)40-42-24-11-17(62(49,50)51)5-8-26(24)63(52,53)54;/h3-13,40,42H,1-2H3,(H,46,47,48)(H,49,50,51)(H,52,53,54)(H,55,56,57)(H,58,59,60)(H2,35,36,37,38,39);/p+5/b41-23?,43-28+;. The Kier molecular flexibility index (Phi) is 14.3. The number of hydrogen-bond donors (Lipinski definition) is 9. The topological polar surface area (TPSA) is 417 Å². The molecule has 0 bridgehead atoms. The Morgan fingerprint density at radius 2 is 1.20 bits per heavy atom. The van der Waals surface area contributed by atoms with Crippen LogP contribution in [0, 0.1) is 6.92 Å². The number of hydrogen-bond acceptors (Lipinski definition) is 21. The number of hydrazine groups is 1. The Hall–Kier alpha value is -5.87. The van der Waals surface area contributed by atoms with Gasteiger partial charge in [-0.3, -0.25) is 37.8 Å². The van der Waals surface area contributed by atoms with Crippen molar-refractivity contribution in [2.75, 3.05) is 16.1 Å². The van der Waals surface area contributed by atoms with Gasteiger partial charge in [0.2, 0.25) is 28.7 Å². The predicted octanol–water partition coefficient (Wildman–Crippen LogP) is 3.12. The number of carbonyl (C=O) groups excluding carboxylic acids is 2. The molecular weight excluding hydrogens is 1050 g/mol. The maximum absolute atomic E-state index is 13.8. The van der Waals surface area contributed by atoms with Crippen molar-refractivity contribution < 1.29 is 98.6 Å². The number of rotatable bonds is 13. The first-order chi connectivity index (χ1) is 29.9. The Morgan fingerprint density at radius 1 is 0.621 bits per heavy atom. The molecule has 3 aromatic carbocycles. The zero-order valence-electron chi connectivity index (χ0n) is 37.4. The minimum atomic E-state index is -5.50. The van der Waals surface area contributed by atoms with Gasteiger partial charge in [0.25, 0.3) is 50.6 Å². The summed E-state index contributed by atoms with van der Waals surface area (Å²) in [5.41, 5.74) is 0.916. The number of aryl methyl sites for hydroxylation is 1. The molecule has 0 saturated carbocycles. The van der Waals surface area contributed by atoms with Gasteiger partial charge in [-0.25, -0.2) is 0 Å². The van der Waals surface area contributed by atoms with Crippen molar-refractivity contribution in [3.8, 4) is 0 Å². The van der Waals surface area contributed by atoms with Crippen molar-refractivity contribution in [3.63, 3.8) is 0 Å². The molecule has 0 unspecified atom stereocenters. The summed E-state index contributed by atoms with van der Waals surface area (Å²) in [6.45, 7) is 2.91. The SMILES string of the molecule is CC1=CC(=N/N=C2/C(=O)c3ccc(Nc4nc(Cl)nc(Nc5cc(S(=O)(=O)O)ccc5C)n4)c(S(=O)(=O)O)c3C=C2S(=O)(=O)O)C(=O)C=C1NNc1cc(S(=O)(=O)O)ccc1S(=O)(=O)O.[Cu].[H+].[H+].[H+].[H+].[H+]. The Morgan fingerprint density at radius 3 is 1.76 bits per heavy atom. The molecule has 353 valence electrons. The van der Waals surface area contributed by atoms with Crippen molar-refractivity contribution >= 4 is 120 Å². The largest absolute Gasteiger partial charge is 1.00 e. The number of nitrogens with one attached hydrogen (secondary N) is 4. The van der Waals surface area contributed by atoms with Crippen molar-refractivity contribution in [1.29, 1.82) is 0 Å². The average molecular weight is 1080 g/mol. The first kappa shape index (κ1) is 51.1. The molecule has 66 heavy (non-hydrogen) atoms. The van der Waals surface area contributed by atoms with Crippen LogP contribution in [0.4, 0.5) is 29.0 Å². The molecule has 0 saturated heterocycles. The third kappa shape index (κ3) is 11.4. The molecular formula is C33H31ClCuN9O17S5+5. The zero-order valence-corrected chi connectivity index (χ0v) is 38.2. The second-order valence-electron chi connectivity index (χ2n) is 13.2. The van der Waals surface area contributed by atoms with E-state index in [4.69, 9.17) is 11.6 Å². The van der Waals surface area contributed by atoms with E-state index in [-0.39, 0.29) is 47.1 Å². The van der Waals surface area contributed by atoms with E-state index < -0.39 is 132 Å². The van der Waals surface area contributed by atoms with E-state index in [0.717, 1.165) is 36.4 Å². The summed E-state index contributed by atoms with van der Waals surface area (Å²) >= 11 is 6.06. The van der Waals surface area contributed by atoms with Crippen molar-refractivity contribution in [3.05, 3.63) is 98.8 Å². The molecule has 2 aliphatic rings. The van der Waals surface area contributed by atoms with Gasteiger partial charge in [-0.2, -0.15) is 57.0 Å². The number of ketones is 2. The molecule has 0 spiro atoms. The van der Waals surface area contributed by atoms with E-state index in [0.29, 0.717) is 29.8 Å². The number of halogens is 1. The quantitative estimate of drug-likeness (QED) is 0.0402. The van der Waals surface area contributed by atoms with Gasteiger partial charge in [-0.15, -0.1) is 10.2 Å². The minimum absolute atomic E-state index is 0. The number of fused-ring (bicyclic) bond motifs is 1. The average Bonchev–Trinajstić information content (AvgIpc) is 3.16. The van der Waals surface area contributed by atoms with Crippen LogP contribution in [-0.2, 0) is 72.5 Å². The number of aromatic nitrogens is 3. The van der Waals surface area contributed by atoms with Crippen LogP contribution < -0.4 is 21.5 Å². The molecule has 0 amide bonds. The van der Waals surface area contributed by atoms with Crippen LogP contribution in [0.1, 0.15) is 35.5 Å². The second-order valence-corrected chi connectivity index (χ2v) is 20.5.